The van der Waals surface area contributed by atoms with E-state index in [0.29, 0.717) is 13.0 Å². The first-order valence-electron chi connectivity index (χ1n) is 5.94. The normalized spacial score (nSPS) is 30.3. The average molecular weight is 235 g/mol. The Hall–Kier alpha value is -1.35. The predicted molar refractivity (Wildman–Crippen MR) is 69.5 cm³/mol. The smallest absolute Gasteiger partial charge is 0.314 e. The van der Waals surface area contributed by atoms with Gasteiger partial charge in [0.05, 0.1) is 5.41 Å². The van der Waals surface area contributed by atoms with Crippen LogP contribution in [0.5, 0.6) is 0 Å². The van der Waals surface area contributed by atoms with E-state index in [1.807, 2.05) is 32.1 Å². The van der Waals surface area contributed by atoms with Gasteiger partial charge in [-0.1, -0.05) is 31.2 Å². The highest BCUT2D eigenvalue weighted by atomic mass is 16.4. The Labute approximate surface area is 103 Å². The third kappa shape index (κ3) is 2.50. The molecule has 0 aromatic carbocycles. The van der Waals surface area contributed by atoms with Crippen LogP contribution >= 0.6 is 0 Å². The Bertz CT molecular complexity index is 370. The first-order chi connectivity index (χ1) is 8.02. The minimum Gasteiger partial charge on any atom is -0.481 e. The summed E-state index contributed by atoms with van der Waals surface area (Å²) in [5.74, 6) is -0.551. The van der Waals surface area contributed by atoms with Crippen molar-refractivity contribution in [2.75, 3.05) is 6.54 Å². The molecule has 3 unspecified atom stereocenters. The van der Waals surface area contributed by atoms with Gasteiger partial charge in [-0.25, -0.2) is 0 Å². The zero-order valence-electron chi connectivity index (χ0n) is 10.5. The van der Waals surface area contributed by atoms with E-state index >= 15 is 0 Å². The fourth-order valence-electron chi connectivity index (χ4n) is 2.24. The van der Waals surface area contributed by atoms with Gasteiger partial charge in [0.2, 0.25) is 0 Å². The Kier molecular flexibility index (Phi) is 4.29. The zero-order valence-corrected chi connectivity index (χ0v) is 10.5. The second-order valence-electron chi connectivity index (χ2n) is 4.63. The quantitative estimate of drug-likeness (QED) is 0.548. The van der Waals surface area contributed by atoms with E-state index in [1.165, 1.54) is 0 Å². The van der Waals surface area contributed by atoms with Crippen molar-refractivity contribution in [2.24, 2.45) is 23.0 Å². The van der Waals surface area contributed by atoms with Gasteiger partial charge in [-0.15, -0.1) is 6.58 Å². The van der Waals surface area contributed by atoms with Crippen molar-refractivity contribution in [3.63, 3.8) is 0 Å². The molecule has 0 amide bonds. The standard InChI is InChI=1S/C14H21NO2/c1-4-6-11(7-10(3)5-2)14(13(16)17)8-12(14)9-15/h4-7,10,12H,2,8-9,15H2,1,3H3,(H,16,17)/b6-4-,11-7+. The van der Waals surface area contributed by atoms with Gasteiger partial charge in [0.1, 0.15) is 0 Å². The summed E-state index contributed by atoms with van der Waals surface area (Å²) in [5, 5.41) is 9.43. The van der Waals surface area contributed by atoms with E-state index in [1.54, 1.807) is 6.08 Å². The number of allylic oxidation sites excluding steroid dienone is 4. The Morgan fingerprint density at radius 2 is 2.35 bits per heavy atom. The average Bonchev–Trinajstić information content (AvgIpc) is 3.04. The van der Waals surface area contributed by atoms with Crippen LogP contribution < -0.4 is 5.73 Å². The van der Waals surface area contributed by atoms with Crippen LogP contribution in [0.1, 0.15) is 20.3 Å². The van der Waals surface area contributed by atoms with Crippen LogP contribution in [0.15, 0.2) is 36.5 Å². The van der Waals surface area contributed by atoms with E-state index in [9.17, 15) is 9.90 Å². The summed E-state index contributed by atoms with van der Waals surface area (Å²) < 4.78 is 0. The van der Waals surface area contributed by atoms with Crippen LogP contribution in [-0.4, -0.2) is 17.6 Å². The van der Waals surface area contributed by atoms with Gasteiger partial charge >= 0.3 is 5.97 Å². The van der Waals surface area contributed by atoms with E-state index in [-0.39, 0.29) is 11.8 Å². The lowest BCUT2D eigenvalue weighted by molar-refractivity contribution is -0.142. The molecule has 94 valence electrons. The minimum absolute atomic E-state index is 0.0551. The molecule has 3 atom stereocenters. The topological polar surface area (TPSA) is 63.3 Å². The molecule has 3 N–H and O–H groups in total. The van der Waals surface area contributed by atoms with Gasteiger partial charge in [-0.2, -0.15) is 0 Å². The monoisotopic (exact) mass is 235 g/mol. The molecule has 3 nitrogen and oxygen atoms in total. The lowest BCUT2D eigenvalue weighted by atomic mass is 9.89. The number of hydrogen-bond acceptors (Lipinski definition) is 2. The van der Waals surface area contributed by atoms with Crippen molar-refractivity contribution in [2.45, 2.75) is 20.3 Å². The van der Waals surface area contributed by atoms with Crippen molar-refractivity contribution in [1.29, 1.82) is 0 Å². The molecule has 1 aliphatic carbocycles. The van der Waals surface area contributed by atoms with Gasteiger partial charge in [0, 0.05) is 0 Å². The van der Waals surface area contributed by atoms with Gasteiger partial charge in [0.25, 0.3) is 0 Å². The lowest BCUT2D eigenvalue weighted by Gasteiger charge is -2.15. The van der Waals surface area contributed by atoms with Crippen LogP contribution in [-0.2, 0) is 4.79 Å². The van der Waals surface area contributed by atoms with Crippen LogP contribution in [0.2, 0.25) is 0 Å². The van der Waals surface area contributed by atoms with Crippen molar-refractivity contribution in [3.05, 3.63) is 36.5 Å². The third-order valence-corrected chi connectivity index (χ3v) is 3.45. The molecule has 0 saturated heterocycles. The fraction of sp³-hybridized carbons (Fsp3) is 0.500. The number of carboxylic acid groups (broad SMARTS) is 1. The summed E-state index contributed by atoms with van der Waals surface area (Å²) in [6.07, 6.45) is 8.16. The molecule has 17 heavy (non-hydrogen) atoms. The molecule has 0 radical (unpaired) electrons. The molecular formula is C14H21NO2. The van der Waals surface area contributed by atoms with Crippen LogP contribution in [0.3, 0.4) is 0 Å². The first kappa shape index (κ1) is 13.7. The number of carboxylic acids is 1. The number of nitrogens with two attached hydrogens (primary N) is 1. The molecule has 0 aromatic heterocycles. The number of rotatable bonds is 6. The maximum atomic E-state index is 11.5. The van der Waals surface area contributed by atoms with Crippen molar-refractivity contribution >= 4 is 5.97 Å². The van der Waals surface area contributed by atoms with E-state index in [2.05, 4.69) is 6.58 Å². The predicted octanol–water partition coefficient (Wildman–Crippen LogP) is 2.36. The molecule has 1 aliphatic rings. The van der Waals surface area contributed by atoms with Crippen molar-refractivity contribution < 1.29 is 9.90 Å². The molecule has 1 saturated carbocycles. The Morgan fingerprint density at radius 1 is 1.71 bits per heavy atom. The molecule has 0 aromatic rings. The summed E-state index contributed by atoms with van der Waals surface area (Å²) in [4.78, 5) is 11.5. The maximum absolute atomic E-state index is 11.5. The highest BCUT2D eigenvalue weighted by Gasteiger charge is 2.61. The van der Waals surface area contributed by atoms with E-state index in [4.69, 9.17) is 5.73 Å². The SMILES string of the molecule is C=CC(C)/C=C(\C=C/C)C1(C(=O)O)CC1CN. The van der Waals surface area contributed by atoms with E-state index in [0.717, 1.165) is 5.57 Å². The summed E-state index contributed by atoms with van der Waals surface area (Å²) in [6.45, 7) is 8.02. The fourth-order valence-corrected chi connectivity index (χ4v) is 2.24. The van der Waals surface area contributed by atoms with Crippen molar-refractivity contribution in [3.8, 4) is 0 Å². The highest BCUT2D eigenvalue weighted by molar-refractivity contribution is 5.84. The van der Waals surface area contributed by atoms with Gasteiger partial charge < -0.3 is 10.8 Å². The summed E-state index contributed by atoms with van der Waals surface area (Å²) in [7, 11) is 0. The number of aliphatic carboxylic acids is 1. The Morgan fingerprint density at radius 3 is 2.71 bits per heavy atom. The van der Waals surface area contributed by atoms with Crippen molar-refractivity contribution in [1.82, 2.24) is 0 Å². The molecule has 0 heterocycles. The first-order valence-corrected chi connectivity index (χ1v) is 5.94. The molecule has 0 aliphatic heterocycles. The third-order valence-electron chi connectivity index (χ3n) is 3.45. The molecule has 0 bridgehead atoms. The Balaban J connectivity index is 3.10. The van der Waals surface area contributed by atoms with Gasteiger partial charge in [0.15, 0.2) is 0 Å². The molecule has 1 fully saturated rings. The lowest BCUT2D eigenvalue weighted by Crippen LogP contribution is -2.23. The molecular weight excluding hydrogens is 214 g/mol. The summed E-state index contributed by atoms with van der Waals surface area (Å²) in [6, 6.07) is 0. The maximum Gasteiger partial charge on any atom is 0.314 e. The van der Waals surface area contributed by atoms with Gasteiger partial charge in [-0.3, -0.25) is 4.79 Å². The summed E-state index contributed by atoms with van der Waals surface area (Å²) in [5.41, 5.74) is 5.70. The largest absolute Gasteiger partial charge is 0.481 e. The van der Waals surface area contributed by atoms with Gasteiger partial charge in [-0.05, 0) is 37.3 Å². The van der Waals surface area contributed by atoms with Crippen LogP contribution in [0, 0.1) is 17.3 Å². The second-order valence-corrected chi connectivity index (χ2v) is 4.63. The molecule has 0 spiro atoms. The molecule has 1 rings (SSSR count). The van der Waals surface area contributed by atoms with Crippen LogP contribution in [0.25, 0.3) is 0 Å². The summed E-state index contributed by atoms with van der Waals surface area (Å²) >= 11 is 0. The number of hydrogen-bond donors (Lipinski definition) is 2. The highest BCUT2D eigenvalue weighted by Crippen LogP contribution is 2.58. The second kappa shape index (κ2) is 5.32. The minimum atomic E-state index is -0.770. The van der Waals surface area contributed by atoms with E-state index < -0.39 is 11.4 Å². The number of carbonyl (C=O) groups is 1. The van der Waals surface area contributed by atoms with Crippen LogP contribution in [0.4, 0.5) is 0 Å². The zero-order chi connectivity index (χ0) is 13.1. The molecule has 3 heteroatoms.